The van der Waals surface area contributed by atoms with E-state index in [0.717, 1.165) is 36.1 Å². The van der Waals surface area contributed by atoms with Crippen molar-refractivity contribution in [1.82, 2.24) is 15.4 Å². The highest BCUT2D eigenvalue weighted by atomic mass is 32.2. The quantitative estimate of drug-likeness (QED) is 0.361. The van der Waals surface area contributed by atoms with Gasteiger partial charge in [0.2, 0.25) is 5.91 Å². The van der Waals surface area contributed by atoms with Gasteiger partial charge in [0.25, 0.3) is 0 Å². The van der Waals surface area contributed by atoms with Crippen LogP contribution in [0.2, 0.25) is 0 Å². The lowest BCUT2D eigenvalue weighted by atomic mass is 9.85. The molecule has 1 aliphatic carbocycles. The SMILES string of the molecule is C[C@@H](NC[C@@H]1CSCN1)C(=O)NSC(Cc1ccc(Oc2ccccc2)cc1)C1CCCCC1. The van der Waals surface area contributed by atoms with Gasteiger partial charge < -0.3 is 15.4 Å². The molecule has 2 aromatic carbocycles. The maximum Gasteiger partial charge on any atom is 0.246 e. The molecule has 5 nitrogen and oxygen atoms in total. The van der Waals surface area contributed by atoms with Crippen molar-refractivity contribution in [2.75, 3.05) is 18.2 Å². The van der Waals surface area contributed by atoms with Crippen LogP contribution in [0.4, 0.5) is 0 Å². The summed E-state index contributed by atoms with van der Waals surface area (Å²) in [6, 6.07) is 18.5. The first-order chi connectivity index (χ1) is 16.7. The Bertz CT molecular complexity index is 869. The molecular formula is C27H37N3O2S2. The van der Waals surface area contributed by atoms with Gasteiger partial charge in [-0.1, -0.05) is 49.6 Å². The van der Waals surface area contributed by atoms with Crippen LogP contribution in [0.5, 0.6) is 11.5 Å². The number of para-hydroxylation sites is 1. The first kappa shape index (κ1) is 25.4. The molecular weight excluding hydrogens is 462 g/mol. The summed E-state index contributed by atoms with van der Waals surface area (Å²) in [5, 5.41) is 7.21. The lowest BCUT2D eigenvalue weighted by Crippen LogP contribution is -2.46. The van der Waals surface area contributed by atoms with E-state index in [2.05, 4.69) is 27.5 Å². The molecule has 7 heteroatoms. The highest BCUT2D eigenvalue weighted by Crippen LogP contribution is 2.34. The van der Waals surface area contributed by atoms with Crippen molar-refractivity contribution in [3.05, 3.63) is 60.2 Å². The minimum absolute atomic E-state index is 0.0723. The number of carbonyl (C=O) groups excluding carboxylic acids is 1. The van der Waals surface area contributed by atoms with Crippen molar-refractivity contribution < 1.29 is 9.53 Å². The Labute approximate surface area is 212 Å². The average molecular weight is 500 g/mol. The number of thioether (sulfide) groups is 1. The topological polar surface area (TPSA) is 62.4 Å². The first-order valence-electron chi connectivity index (χ1n) is 12.5. The third kappa shape index (κ3) is 7.94. The maximum absolute atomic E-state index is 12.8. The number of hydrogen-bond acceptors (Lipinski definition) is 6. The van der Waals surface area contributed by atoms with Crippen LogP contribution in [0.1, 0.15) is 44.6 Å². The van der Waals surface area contributed by atoms with Gasteiger partial charge in [-0.3, -0.25) is 9.52 Å². The van der Waals surface area contributed by atoms with Gasteiger partial charge in [0, 0.05) is 29.5 Å². The zero-order valence-electron chi connectivity index (χ0n) is 20.0. The molecule has 184 valence electrons. The fourth-order valence-electron chi connectivity index (χ4n) is 4.56. The van der Waals surface area contributed by atoms with E-state index in [1.807, 2.05) is 61.2 Å². The summed E-state index contributed by atoms with van der Waals surface area (Å²) in [7, 11) is 0. The van der Waals surface area contributed by atoms with Crippen LogP contribution in [0.3, 0.4) is 0 Å². The molecule has 1 unspecified atom stereocenters. The number of nitrogens with one attached hydrogen (secondary N) is 3. The summed E-state index contributed by atoms with van der Waals surface area (Å²) < 4.78 is 9.13. The molecule has 1 amide bonds. The lowest BCUT2D eigenvalue weighted by molar-refractivity contribution is -0.120. The van der Waals surface area contributed by atoms with Gasteiger partial charge in [-0.15, -0.1) is 11.8 Å². The van der Waals surface area contributed by atoms with Crippen LogP contribution in [-0.4, -0.2) is 41.4 Å². The van der Waals surface area contributed by atoms with Crippen molar-refractivity contribution >= 4 is 29.6 Å². The third-order valence-electron chi connectivity index (χ3n) is 6.68. The molecule has 1 aliphatic heterocycles. The predicted molar refractivity (Wildman–Crippen MR) is 144 cm³/mol. The maximum atomic E-state index is 12.8. The monoisotopic (exact) mass is 499 g/mol. The molecule has 0 bridgehead atoms. The van der Waals surface area contributed by atoms with E-state index in [9.17, 15) is 4.79 Å². The Morgan fingerprint density at radius 3 is 2.53 bits per heavy atom. The summed E-state index contributed by atoms with van der Waals surface area (Å²) >= 11 is 3.54. The van der Waals surface area contributed by atoms with E-state index in [1.54, 1.807) is 11.9 Å². The molecule has 2 aromatic rings. The van der Waals surface area contributed by atoms with Crippen molar-refractivity contribution in [3.8, 4) is 11.5 Å². The van der Waals surface area contributed by atoms with Crippen molar-refractivity contribution in [1.29, 1.82) is 0 Å². The molecule has 4 rings (SSSR count). The second-order valence-corrected chi connectivity index (χ2v) is 11.4. The molecule has 0 aromatic heterocycles. The Hall–Kier alpha value is -1.67. The van der Waals surface area contributed by atoms with E-state index in [0.29, 0.717) is 17.2 Å². The molecule has 3 atom stereocenters. The molecule has 0 radical (unpaired) electrons. The van der Waals surface area contributed by atoms with Gasteiger partial charge in [-0.25, -0.2) is 0 Å². The Morgan fingerprint density at radius 2 is 1.82 bits per heavy atom. The predicted octanol–water partition coefficient (Wildman–Crippen LogP) is 5.38. The smallest absolute Gasteiger partial charge is 0.246 e. The standard InChI is InChI=1S/C27H37N3O2S2/c1-20(28-17-23-18-33-19-29-23)27(31)30-34-26(22-8-4-2-5-9-22)16-21-12-14-25(15-13-21)32-24-10-6-3-7-11-24/h3,6-7,10-15,20,22-23,26,28-29H,2,4-5,8-9,16-19H2,1H3,(H,30,31)/t20-,23-,26?/m1/s1. The fourth-order valence-corrected chi connectivity index (χ4v) is 6.74. The number of hydrogen-bond donors (Lipinski definition) is 3. The second kappa shape index (κ2) is 13.4. The summed E-state index contributed by atoms with van der Waals surface area (Å²) in [5.41, 5.74) is 1.29. The van der Waals surface area contributed by atoms with Crippen molar-refractivity contribution in [2.45, 2.75) is 62.8 Å². The fraction of sp³-hybridized carbons (Fsp3) is 0.519. The van der Waals surface area contributed by atoms with Gasteiger partial charge in [-0.2, -0.15) is 0 Å². The van der Waals surface area contributed by atoms with Gasteiger partial charge in [0.05, 0.1) is 6.04 Å². The highest BCUT2D eigenvalue weighted by Gasteiger charge is 2.26. The minimum atomic E-state index is -0.193. The molecule has 1 saturated heterocycles. The van der Waals surface area contributed by atoms with Crippen LogP contribution in [0.25, 0.3) is 0 Å². The number of amides is 1. The largest absolute Gasteiger partial charge is 0.457 e. The number of carbonyl (C=O) groups is 1. The Balaban J connectivity index is 1.30. The molecule has 1 heterocycles. The summed E-state index contributed by atoms with van der Waals surface area (Å²) in [6.07, 6.45) is 7.38. The van der Waals surface area contributed by atoms with Crippen LogP contribution >= 0.6 is 23.7 Å². The van der Waals surface area contributed by atoms with Crippen molar-refractivity contribution in [2.24, 2.45) is 5.92 Å². The van der Waals surface area contributed by atoms with Crippen LogP contribution in [0, 0.1) is 5.92 Å². The molecule has 2 fully saturated rings. The molecule has 3 N–H and O–H groups in total. The third-order valence-corrected chi connectivity index (χ3v) is 8.86. The normalized spacial score (nSPS) is 20.6. The summed E-state index contributed by atoms with van der Waals surface area (Å²) in [5.74, 6) is 4.52. The summed E-state index contributed by atoms with van der Waals surface area (Å²) in [4.78, 5) is 12.8. The van der Waals surface area contributed by atoms with Gasteiger partial charge in [-0.05, 0) is 73.9 Å². The zero-order valence-corrected chi connectivity index (χ0v) is 21.6. The molecule has 0 spiro atoms. The van der Waals surface area contributed by atoms with Gasteiger partial charge in [0.15, 0.2) is 0 Å². The molecule has 34 heavy (non-hydrogen) atoms. The van der Waals surface area contributed by atoms with Gasteiger partial charge in [0.1, 0.15) is 11.5 Å². The number of ether oxygens (including phenoxy) is 1. The summed E-state index contributed by atoms with van der Waals surface area (Å²) in [6.45, 7) is 2.79. The van der Waals surface area contributed by atoms with E-state index in [1.165, 1.54) is 37.7 Å². The van der Waals surface area contributed by atoms with Crippen LogP contribution in [0.15, 0.2) is 54.6 Å². The highest BCUT2D eigenvalue weighted by molar-refractivity contribution is 7.99. The molecule has 2 aliphatic rings. The lowest BCUT2D eigenvalue weighted by Gasteiger charge is -2.30. The molecule has 1 saturated carbocycles. The zero-order chi connectivity index (χ0) is 23.6. The van der Waals surface area contributed by atoms with E-state index >= 15 is 0 Å². The second-order valence-electron chi connectivity index (χ2n) is 9.33. The first-order valence-corrected chi connectivity index (χ1v) is 14.5. The van der Waals surface area contributed by atoms with E-state index in [-0.39, 0.29) is 11.9 Å². The Kier molecular flexibility index (Phi) is 10.0. The average Bonchev–Trinajstić information content (AvgIpc) is 3.41. The van der Waals surface area contributed by atoms with Crippen molar-refractivity contribution in [3.63, 3.8) is 0 Å². The van der Waals surface area contributed by atoms with Gasteiger partial charge >= 0.3 is 0 Å². The van der Waals surface area contributed by atoms with E-state index in [4.69, 9.17) is 4.74 Å². The number of rotatable bonds is 11. The Morgan fingerprint density at radius 1 is 1.09 bits per heavy atom. The van der Waals surface area contributed by atoms with Crippen LogP contribution < -0.4 is 20.1 Å². The van der Waals surface area contributed by atoms with Crippen LogP contribution in [-0.2, 0) is 11.2 Å². The minimum Gasteiger partial charge on any atom is -0.457 e. The van der Waals surface area contributed by atoms with E-state index < -0.39 is 0 Å². The number of benzene rings is 2.